The van der Waals surface area contributed by atoms with Gasteiger partial charge in [0.15, 0.2) is 5.76 Å². The Bertz CT molecular complexity index is 446. The van der Waals surface area contributed by atoms with Crippen LogP contribution < -0.4 is 5.63 Å². The molecule has 0 fully saturated rings. The van der Waals surface area contributed by atoms with Crippen LogP contribution in [0.1, 0.15) is 12.7 Å². The van der Waals surface area contributed by atoms with Crippen molar-refractivity contribution >= 4 is 11.8 Å². The lowest BCUT2D eigenvalue weighted by atomic mass is 10.4. The second-order valence-corrected chi connectivity index (χ2v) is 3.59. The fraction of sp³-hybridized carbons (Fsp3) is 0.182. The van der Waals surface area contributed by atoms with Gasteiger partial charge >= 0.3 is 5.63 Å². The average Bonchev–Trinajstić information content (AvgIpc) is 2.17. The van der Waals surface area contributed by atoms with Crippen LogP contribution >= 0.6 is 11.8 Å². The van der Waals surface area contributed by atoms with Crippen LogP contribution in [0.3, 0.4) is 0 Å². The molecule has 0 aromatic carbocycles. The van der Waals surface area contributed by atoms with Gasteiger partial charge in [-0.05, 0) is 36.1 Å². The highest BCUT2D eigenvalue weighted by Gasteiger charge is 1.88. The van der Waals surface area contributed by atoms with E-state index in [4.69, 9.17) is 4.42 Å². The third-order valence-corrected chi connectivity index (χ3v) is 2.25. The minimum absolute atomic E-state index is 0.373. The zero-order valence-electron chi connectivity index (χ0n) is 8.03. The fourth-order valence-electron chi connectivity index (χ4n) is 0.725. The van der Waals surface area contributed by atoms with E-state index >= 15 is 0 Å². The van der Waals surface area contributed by atoms with Crippen molar-refractivity contribution in [3.05, 3.63) is 45.4 Å². The molecule has 3 heteroatoms. The molecule has 1 rings (SSSR count). The molecule has 1 aromatic rings. The first kappa shape index (κ1) is 10.7. The molecule has 0 bridgehead atoms. The second kappa shape index (κ2) is 5.36. The summed E-state index contributed by atoms with van der Waals surface area (Å²) in [7, 11) is 0. The first-order valence-electron chi connectivity index (χ1n) is 4.05. The molecular weight excluding hydrogens is 196 g/mol. The predicted octanol–water partition coefficient (Wildman–Crippen LogP) is 2.26. The molecule has 72 valence electrons. The molecular formula is C11H10O2S. The number of rotatable bonds is 1. The summed E-state index contributed by atoms with van der Waals surface area (Å²) in [4.78, 5) is 11.9. The van der Waals surface area contributed by atoms with E-state index in [2.05, 4.69) is 11.8 Å². The molecule has 0 saturated carbocycles. The smallest absolute Gasteiger partial charge is 0.336 e. The summed E-state index contributed by atoms with van der Waals surface area (Å²) >= 11 is 1.63. The van der Waals surface area contributed by atoms with Gasteiger partial charge in [-0.3, -0.25) is 0 Å². The van der Waals surface area contributed by atoms with E-state index in [1.807, 2.05) is 13.2 Å². The Kier molecular flexibility index (Phi) is 4.09. The van der Waals surface area contributed by atoms with Crippen molar-refractivity contribution in [2.24, 2.45) is 0 Å². The summed E-state index contributed by atoms with van der Waals surface area (Å²) in [5, 5.41) is 0. The molecule has 0 saturated heterocycles. The lowest BCUT2D eigenvalue weighted by Gasteiger charge is -1.87. The van der Waals surface area contributed by atoms with Crippen molar-refractivity contribution in [3.8, 4) is 11.8 Å². The van der Waals surface area contributed by atoms with E-state index in [0.717, 1.165) is 4.91 Å². The zero-order valence-corrected chi connectivity index (χ0v) is 8.85. The van der Waals surface area contributed by atoms with E-state index < -0.39 is 0 Å². The van der Waals surface area contributed by atoms with Crippen LogP contribution in [0, 0.1) is 11.8 Å². The van der Waals surface area contributed by atoms with Crippen LogP contribution in [0.4, 0.5) is 0 Å². The molecule has 0 aliphatic heterocycles. The Balaban J connectivity index is 2.83. The third kappa shape index (κ3) is 3.55. The molecule has 0 atom stereocenters. The number of hydrogen-bond donors (Lipinski definition) is 0. The van der Waals surface area contributed by atoms with Gasteiger partial charge in [-0.15, -0.1) is 11.8 Å². The first-order valence-corrected chi connectivity index (χ1v) is 5.27. The fourth-order valence-corrected chi connectivity index (χ4v) is 0.902. The molecule has 1 aromatic heterocycles. The Morgan fingerprint density at radius 1 is 1.57 bits per heavy atom. The van der Waals surface area contributed by atoms with Gasteiger partial charge in [-0.25, -0.2) is 4.79 Å². The molecule has 1 heterocycles. The van der Waals surface area contributed by atoms with Gasteiger partial charge in [0.2, 0.25) is 0 Å². The quantitative estimate of drug-likeness (QED) is 0.660. The highest BCUT2D eigenvalue weighted by Crippen LogP contribution is 2.07. The maximum Gasteiger partial charge on any atom is 0.336 e. The van der Waals surface area contributed by atoms with E-state index in [1.165, 1.54) is 6.07 Å². The maximum absolute atomic E-state index is 10.8. The highest BCUT2D eigenvalue weighted by atomic mass is 32.2. The predicted molar refractivity (Wildman–Crippen MR) is 59.1 cm³/mol. The monoisotopic (exact) mass is 206 g/mol. The molecule has 0 aliphatic rings. The van der Waals surface area contributed by atoms with Crippen molar-refractivity contribution in [2.45, 2.75) is 6.92 Å². The summed E-state index contributed by atoms with van der Waals surface area (Å²) in [6, 6.07) is 4.64. The summed E-state index contributed by atoms with van der Waals surface area (Å²) < 4.78 is 4.83. The Hall–Kier alpha value is -1.40. The standard InChI is InChI=1S/C11H10O2S/c1-9(14-2)5-3-6-10-7-4-8-11(12)13-10/h4-5,7-8H,1-2H3. The third-order valence-electron chi connectivity index (χ3n) is 1.48. The van der Waals surface area contributed by atoms with Crippen LogP contribution in [0.2, 0.25) is 0 Å². The summed E-state index contributed by atoms with van der Waals surface area (Å²) in [5.41, 5.74) is -0.373. The molecule has 0 unspecified atom stereocenters. The Morgan fingerprint density at radius 3 is 3.00 bits per heavy atom. The van der Waals surface area contributed by atoms with E-state index in [-0.39, 0.29) is 5.63 Å². The Morgan fingerprint density at radius 2 is 2.36 bits per heavy atom. The van der Waals surface area contributed by atoms with Gasteiger partial charge in [0, 0.05) is 6.07 Å². The van der Waals surface area contributed by atoms with Gasteiger partial charge in [-0.1, -0.05) is 12.0 Å². The molecule has 2 nitrogen and oxygen atoms in total. The van der Waals surface area contributed by atoms with E-state index in [1.54, 1.807) is 30.0 Å². The summed E-state index contributed by atoms with van der Waals surface area (Å²) in [6.07, 6.45) is 3.77. The highest BCUT2D eigenvalue weighted by molar-refractivity contribution is 8.02. The van der Waals surface area contributed by atoms with E-state index in [9.17, 15) is 4.79 Å². The van der Waals surface area contributed by atoms with Crippen molar-refractivity contribution < 1.29 is 4.42 Å². The summed E-state index contributed by atoms with van der Waals surface area (Å²) in [5.74, 6) is 5.95. The number of thioether (sulfide) groups is 1. The average molecular weight is 206 g/mol. The molecule has 0 N–H and O–H groups in total. The first-order chi connectivity index (χ1) is 6.72. The number of allylic oxidation sites excluding steroid dienone is 2. The molecule has 0 spiro atoms. The maximum atomic E-state index is 10.8. The second-order valence-electron chi connectivity index (χ2n) is 2.54. The van der Waals surface area contributed by atoms with Crippen molar-refractivity contribution in [2.75, 3.05) is 6.26 Å². The van der Waals surface area contributed by atoms with Crippen LogP contribution in [0.25, 0.3) is 0 Å². The lowest BCUT2D eigenvalue weighted by Crippen LogP contribution is -1.94. The van der Waals surface area contributed by atoms with Gasteiger partial charge in [0.25, 0.3) is 0 Å². The minimum Gasteiger partial charge on any atom is -0.414 e. The van der Waals surface area contributed by atoms with Crippen molar-refractivity contribution in [1.29, 1.82) is 0 Å². The minimum atomic E-state index is -0.373. The van der Waals surface area contributed by atoms with Gasteiger partial charge < -0.3 is 4.42 Å². The molecule has 0 radical (unpaired) electrons. The van der Waals surface area contributed by atoms with Crippen LogP contribution in [0.5, 0.6) is 0 Å². The molecule has 14 heavy (non-hydrogen) atoms. The SMILES string of the molecule is CSC(C)=CC#Cc1cccc(=O)o1. The van der Waals surface area contributed by atoms with Gasteiger partial charge in [0.05, 0.1) is 0 Å². The number of hydrogen-bond acceptors (Lipinski definition) is 3. The van der Waals surface area contributed by atoms with Crippen LogP contribution in [-0.4, -0.2) is 6.26 Å². The topological polar surface area (TPSA) is 30.2 Å². The summed E-state index contributed by atoms with van der Waals surface area (Å²) in [6.45, 7) is 1.97. The molecule has 0 aliphatic carbocycles. The Labute approximate surface area is 87.0 Å². The van der Waals surface area contributed by atoms with Gasteiger partial charge in [-0.2, -0.15) is 0 Å². The zero-order chi connectivity index (χ0) is 10.4. The van der Waals surface area contributed by atoms with Crippen LogP contribution in [0.15, 0.2) is 38.4 Å². The largest absolute Gasteiger partial charge is 0.414 e. The van der Waals surface area contributed by atoms with Gasteiger partial charge in [0.1, 0.15) is 0 Å². The van der Waals surface area contributed by atoms with Crippen LogP contribution in [-0.2, 0) is 0 Å². The lowest BCUT2D eigenvalue weighted by molar-refractivity contribution is 0.499. The van der Waals surface area contributed by atoms with Crippen molar-refractivity contribution in [3.63, 3.8) is 0 Å². The normalized spacial score (nSPS) is 10.6. The van der Waals surface area contributed by atoms with Crippen molar-refractivity contribution in [1.82, 2.24) is 0 Å². The molecule has 0 amide bonds. The van der Waals surface area contributed by atoms with E-state index in [0.29, 0.717) is 5.76 Å².